The zero-order chi connectivity index (χ0) is 27.4. The van der Waals surface area contributed by atoms with Gasteiger partial charge in [0.05, 0.1) is 29.9 Å². The molecule has 2 N–H and O–H groups in total. The van der Waals surface area contributed by atoms with E-state index in [0.29, 0.717) is 47.2 Å². The van der Waals surface area contributed by atoms with Gasteiger partial charge in [0.25, 0.3) is 5.91 Å². The second-order valence-corrected chi connectivity index (χ2v) is 10.7. The third-order valence-corrected chi connectivity index (χ3v) is 8.23. The molecule has 208 valence electrons. The first kappa shape index (κ1) is 27.2. The Bertz CT molecular complexity index is 1350. The number of aliphatic hydroxyl groups excluding tert-OH is 1. The Kier molecular flexibility index (Phi) is 8.53. The highest BCUT2D eigenvalue weighted by Crippen LogP contribution is 2.35. The number of rotatable bonds is 8. The van der Waals surface area contributed by atoms with Crippen LogP contribution in [0.1, 0.15) is 59.7 Å². The highest BCUT2D eigenvalue weighted by Gasteiger charge is 2.27. The van der Waals surface area contributed by atoms with E-state index >= 15 is 0 Å². The lowest BCUT2D eigenvalue weighted by molar-refractivity contribution is 0.0952. The van der Waals surface area contributed by atoms with Gasteiger partial charge in [0.1, 0.15) is 11.5 Å². The third kappa shape index (κ3) is 5.97. The predicted octanol–water partition coefficient (Wildman–Crippen LogP) is 4.07. The van der Waals surface area contributed by atoms with Crippen LogP contribution in [0.25, 0.3) is 11.0 Å². The molecule has 2 fully saturated rings. The van der Waals surface area contributed by atoms with Crippen molar-refractivity contribution < 1.29 is 19.1 Å². The number of anilines is 1. The minimum Gasteiger partial charge on any atom is -0.495 e. The van der Waals surface area contributed by atoms with Crippen molar-refractivity contribution in [2.24, 2.45) is 0 Å². The van der Waals surface area contributed by atoms with Gasteiger partial charge in [0.15, 0.2) is 11.0 Å². The molecule has 8 nitrogen and oxygen atoms in total. The summed E-state index contributed by atoms with van der Waals surface area (Å²) in [5.74, 6) is 1.42. The molecule has 1 aliphatic heterocycles. The highest BCUT2D eigenvalue weighted by atomic mass is 16.5. The van der Waals surface area contributed by atoms with Gasteiger partial charge in [0, 0.05) is 44.2 Å². The summed E-state index contributed by atoms with van der Waals surface area (Å²) in [5, 5.41) is 13.4. The number of nitrogens with one attached hydrogen (secondary N) is 1. The molecule has 0 bridgehead atoms. The van der Waals surface area contributed by atoms with Crippen molar-refractivity contribution in [1.29, 1.82) is 0 Å². The molecule has 2 aromatic carbocycles. The lowest BCUT2D eigenvalue weighted by atomic mass is 9.84. The number of ether oxygens (including phenoxy) is 1. The van der Waals surface area contributed by atoms with Gasteiger partial charge in [-0.1, -0.05) is 18.2 Å². The number of amides is 1. The van der Waals surface area contributed by atoms with Crippen LogP contribution in [0, 0.1) is 6.92 Å². The van der Waals surface area contributed by atoms with Gasteiger partial charge in [-0.3, -0.25) is 14.5 Å². The molecule has 1 saturated heterocycles. The molecular formula is C31H39N3O5. The summed E-state index contributed by atoms with van der Waals surface area (Å²) in [5.41, 5.74) is 2.41. The maximum Gasteiger partial charge on any atom is 0.255 e. The predicted molar refractivity (Wildman–Crippen MR) is 153 cm³/mol. The number of para-hydroxylation sites is 3. The minimum absolute atomic E-state index is 0.0840. The standard InChI is InChI=1S/C31H39N3O5/c1-21-28(36)24-7-5-8-25(30(24)39-29(21)22-11-13-23(35)14-12-22)31(37)32-15-6-16-33-17-19-34(20-18-33)26-9-3-4-10-27(26)38-2/h3-5,7-10,22-23,35H,6,11-20H2,1-2H3,(H,32,37)/t22-,23+. The van der Waals surface area contributed by atoms with Gasteiger partial charge in [-0.25, -0.2) is 0 Å². The number of hydrogen-bond donors (Lipinski definition) is 2. The minimum atomic E-state index is -0.286. The Labute approximate surface area is 229 Å². The van der Waals surface area contributed by atoms with Crippen molar-refractivity contribution >= 4 is 22.6 Å². The van der Waals surface area contributed by atoms with E-state index in [1.54, 1.807) is 32.2 Å². The van der Waals surface area contributed by atoms with E-state index in [1.807, 2.05) is 18.2 Å². The van der Waals surface area contributed by atoms with Crippen molar-refractivity contribution in [3.63, 3.8) is 0 Å². The Morgan fingerprint density at radius 1 is 1.05 bits per heavy atom. The summed E-state index contributed by atoms with van der Waals surface area (Å²) in [6, 6.07) is 13.3. The fourth-order valence-electron chi connectivity index (χ4n) is 5.94. The maximum atomic E-state index is 13.2. The summed E-state index contributed by atoms with van der Waals surface area (Å²) in [6.07, 6.45) is 3.50. The van der Waals surface area contributed by atoms with Crippen LogP contribution in [-0.4, -0.2) is 68.4 Å². The lowest BCUT2D eigenvalue weighted by Gasteiger charge is -2.36. The van der Waals surface area contributed by atoms with E-state index < -0.39 is 0 Å². The number of carbonyl (C=O) groups excluding carboxylic acids is 1. The highest BCUT2D eigenvalue weighted by molar-refractivity contribution is 6.04. The van der Waals surface area contributed by atoms with E-state index in [9.17, 15) is 14.7 Å². The maximum absolute atomic E-state index is 13.2. The second-order valence-electron chi connectivity index (χ2n) is 10.7. The average molecular weight is 534 g/mol. The van der Waals surface area contributed by atoms with E-state index in [4.69, 9.17) is 9.15 Å². The fourth-order valence-corrected chi connectivity index (χ4v) is 5.94. The molecule has 0 unspecified atom stereocenters. The number of piperazine rings is 1. The third-order valence-electron chi connectivity index (χ3n) is 8.23. The number of aliphatic hydroxyl groups is 1. The molecule has 0 radical (unpaired) electrons. The first-order valence-electron chi connectivity index (χ1n) is 14.1. The van der Waals surface area contributed by atoms with Crippen LogP contribution in [-0.2, 0) is 0 Å². The Morgan fingerprint density at radius 3 is 2.54 bits per heavy atom. The number of nitrogens with zero attached hydrogens (tertiary/aromatic N) is 2. The molecule has 2 aliphatic rings. The number of carbonyl (C=O) groups is 1. The molecule has 1 aliphatic carbocycles. The molecule has 1 saturated carbocycles. The molecule has 39 heavy (non-hydrogen) atoms. The molecule has 2 heterocycles. The normalized spacial score (nSPS) is 20.2. The van der Waals surface area contributed by atoms with Gasteiger partial charge in [0.2, 0.25) is 0 Å². The van der Waals surface area contributed by atoms with E-state index in [2.05, 4.69) is 21.2 Å². The summed E-state index contributed by atoms with van der Waals surface area (Å²) in [6.45, 7) is 7.04. The van der Waals surface area contributed by atoms with Crippen molar-refractivity contribution in [3.8, 4) is 5.75 Å². The largest absolute Gasteiger partial charge is 0.495 e. The number of fused-ring (bicyclic) bond motifs is 1. The smallest absolute Gasteiger partial charge is 0.255 e. The van der Waals surface area contributed by atoms with Crippen LogP contribution in [0.15, 0.2) is 51.7 Å². The molecule has 1 aromatic heterocycles. The number of benzene rings is 2. The van der Waals surface area contributed by atoms with Crippen LogP contribution in [0.3, 0.4) is 0 Å². The number of hydrogen-bond acceptors (Lipinski definition) is 7. The summed E-state index contributed by atoms with van der Waals surface area (Å²) >= 11 is 0. The van der Waals surface area contributed by atoms with Crippen LogP contribution < -0.4 is 20.4 Å². The van der Waals surface area contributed by atoms with Crippen molar-refractivity contribution in [1.82, 2.24) is 10.2 Å². The van der Waals surface area contributed by atoms with Crippen LogP contribution >= 0.6 is 0 Å². The van der Waals surface area contributed by atoms with Crippen LogP contribution in [0.4, 0.5) is 5.69 Å². The quantitative estimate of drug-likeness (QED) is 0.422. The van der Waals surface area contributed by atoms with Gasteiger partial charge < -0.3 is 24.5 Å². The molecule has 0 spiro atoms. The van der Waals surface area contributed by atoms with Crippen LogP contribution in [0.5, 0.6) is 5.75 Å². The fraction of sp³-hybridized carbons (Fsp3) is 0.484. The van der Waals surface area contributed by atoms with Crippen molar-refractivity contribution in [2.45, 2.75) is 51.0 Å². The van der Waals surface area contributed by atoms with Gasteiger partial charge in [-0.15, -0.1) is 0 Å². The summed E-state index contributed by atoms with van der Waals surface area (Å²) in [7, 11) is 1.71. The molecule has 8 heteroatoms. The van der Waals surface area contributed by atoms with Gasteiger partial charge in [-0.2, -0.15) is 0 Å². The topological polar surface area (TPSA) is 95.2 Å². The lowest BCUT2D eigenvalue weighted by Crippen LogP contribution is -2.47. The van der Waals surface area contributed by atoms with E-state index in [-0.39, 0.29) is 23.4 Å². The first-order chi connectivity index (χ1) is 19.0. The molecule has 0 atom stereocenters. The average Bonchev–Trinajstić information content (AvgIpc) is 2.97. The summed E-state index contributed by atoms with van der Waals surface area (Å²) < 4.78 is 11.8. The first-order valence-corrected chi connectivity index (χ1v) is 14.1. The van der Waals surface area contributed by atoms with Gasteiger partial charge in [-0.05, 0) is 69.8 Å². The number of methoxy groups -OCH3 is 1. The SMILES string of the molecule is COc1ccccc1N1CCN(CCCNC(=O)c2cccc3c(=O)c(C)c([C@H]4CC[C@@H](O)CC4)oc23)CC1. The second kappa shape index (κ2) is 12.2. The molecular weight excluding hydrogens is 494 g/mol. The van der Waals surface area contributed by atoms with Gasteiger partial charge >= 0.3 is 0 Å². The van der Waals surface area contributed by atoms with E-state index in [1.165, 1.54) is 0 Å². The van der Waals surface area contributed by atoms with Crippen molar-refractivity contribution in [3.05, 3.63) is 69.6 Å². The Morgan fingerprint density at radius 2 is 1.79 bits per heavy atom. The van der Waals surface area contributed by atoms with E-state index in [0.717, 1.165) is 63.4 Å². The molecule has 5 rings (SSSR count). The molecule has 1 amide bonds. The zero-order valence-electron chi connectivity index (χ0n) is 22.9. The van der Waals surface area contributed by atoms with Crippen LogP contribution in [0.2, 0.25) is 0 Å². The Balaban J connectivity index is 1.17. The monoisotopic (exact) mass is 533 g/mol. The summed E-state index contributed by atoms with van der Waals surface area (Å²) in [4.78, 5) is 31.1. The van der Waals surface area contributed by atoms with Crippen molar-refractivity contribution in [2.75, 3.05) is 51.3 Å². The zero-order valence-corrected chi connectivity index (χ0v) is 22.9. The molecule has 3 aromatic rings. The Hall–Kier alpha value is -3.36.